The summed E-state index contributed by atoms with van der Waals surface area (Å²) < 4.78 is 46.5. The van der Waals surface area contributed by atoms with Gasteiger partial charge < -0.3 is 15.0 Å². The lowest BCUT2D eigenvalue weighted by Gasteiger charge is -2.33. The summed E-state index contributed by atoms with van der Waals surface area (Å²) in [6.07, 6.45) is 2.07. The van der Waals surface area contributed by atoms with E-state index in [-0.39, 0.29) is 54.9 Å². The van der Waals surface area contributed by atoms with Gasteiger partial charge in [0.25, 0.3) is 0 Å². The van der Waals surface area contributed by atoms with Gasteiger partial charge in [-0.2, -0.15) is 0 Å². The molecular weight excluding hydrogens is 593 g/mol. The lowest BCUT2D eigenvalue weighted by molar-refractivity contribution is -0.141. The quantitative estimate of drug-likeness (QED) is 0.236. The first-order valence-corrected chi connectivity index (χ1v) is 16.4. The van der Waals surface area contributed by atoms with Crippen molar-refractivity contribution in [2.24, 2.45) is 0 Å². The summed E-state index contributed by atoms with van der Waals surface area (Å²) in [4.78, 5) is 28.9. The summed E-state index contributed by atoms with van der Waals surface area (Å²) in [5.74, 6) is -0.822. The number of hydrogen-bond acceptors (Lipinski definition) is 5. The molecule has 43 heavy (non-hydrogen) atoms. The van der Waals surface area contributed by atoms with Crippen LogP contribution in [-0.2, 0) is 32.6 Å². The van der Waals surface area contributed by atoms with Crippen LogP contribution in [0.2, 0.25) is 5.02 Å². The van der Waals surface area contributed by atoms with Gasteiger partial charge in [0.15, 0.2) is 0 Å². The van der Waals surface area contributed by atoms with Crippen molar-refractivity contribution in [1.29, 1.82) is 0 Å². The third kappa shape index (κ3) is 9.69. The number of nitrogens with zero attached hydrogens (tertiary/aromatic N) is 2. The van der Waals surface area contributed by atoms with Gasteiger partial charge in [0, 0.05) is 37.5 Å². The van der Waals surface area contributed by atoms with Crippen LogP contribution in [0.5, 0.6) is 5.75 Å². The highest BCUT2D eigenvalue weighted by Gasteiger charge is 2.31. The fourth-order valence-corrected chi connectivity index (χ4v) is 5.83. The zero-order chi connectivity index (χ0) is 31.6. The third-order valence-corrected chi connectivity index (χ3v) is 8.64. The van der Waals surface area contributed by atoms with Crippen molar-refractivity contribution in [3.8, 4) is 5.75 Å². The molecule has 0 spiro atoms. The molecule has 0 saturated heterocycles. The maximum Gasteiger partial charge on any atom is 0.243 e. The molecule has 0 aliphatic carbocycles. The number of rotatable bonds is 15. The Balaban J connectivity index is 1.90. The first-order chi connectivity index (χ1) is 20.4. The monoisotopic (exact) mass is 631 g/mol. The molecule has 0 unspecified atom stereocenters. The Morgan fingerprint density at radius 1 is 1.05 bits per heavy atom. The maximum absolute atomic E-state index is 14.8. The van der Waals surface area contributed by atoms with E-state index < -0.39 is 27.8 Å². The molecule has 1 N–H and O–H groups in total. The average Bonchev–Trinajstić information content (AvgIpc) is 2.97. The number of nitrogens with one attached hydrogen (secondary N) is 1. The fraction of sp³-hybridized carbons (Fsp3) is 0.375. The van der Waals surface area contributed by atoms with Gasteiger partial charge in [-0.15, -0.1) is 0 Å². The second-order valence-corrected chi connectivity index (χ2v) is 12.7. The molecule has 0 fully saturated rings. The van der Waals surface area contributed by atoms with Crippen LogP contribution in [0.3, 0.4) is 0 Å². The number of hydrogen-bond donors (Lipinski definition) is 1. The number of anilines is 1. The van der Waals surface area contributed by atoms with E-state index in [1.807, 2.05) is 44.2 Å². The molecule has 0 heterocycles. The molecule has 0 bridgehead atoms. The molecule has 0 aliphatic rings. The average molecular weight is 632 g/mol. The van der Waals surface area contributed by atoms with Crippen molar-refractivity contribution < 1.29 is 27.1 Å². The SMILES string of the molecule is CC[C@@H](C)NC(=O)[C@@H](Cc1ccccc1)N(Cc1ccccc1F)C(=O)CCCN(c1ccc(OC)c(Cl)c1)S(C)(=O)=O. The second kappa shape index (κ2) is 15.7. The van der Waals surface area contributed by atoms with Gasteiger partial charge in [-0.25, -0.2) is 12.8 Å². The molecule has 2 amide bonds. The summed E-state index contributed by atoms with van der Waals surface area (Å²) in [7, 11) is -2.26. The summed E-state index contributed by atoms with van der Waals surface area (Å²) >= 11 is 6.24. The van der Waals surface area contributed by atoms with Crippen LogP contribution in [0.1, 0.15) is 44.2 Å². The van der Waals surface area contributed by atoms with Crippen LogP contribution in [-0.4, -0.2) is 57.1 Å². The van der Waals surface area contributed by atoms with E-state index >= 15 is 0 Å². The van der Waals surface area contributed by atoms with E-state index in [2.05, 4.69) is 5.32 Å². The van der Waals surface area contributed by atoms with E-state index in [9.17, 15) is 22.4 Å². The van der Waals surface area contributed by atoms with E-state index in [1.54, 1.807) is 30.3 Å². The zero-order valence-corrected chi connectivity index (χ0v) is 26.5. The van der Waals surface area contributed by atoms with Gasteiger partial charge in [-0.3, -0.25) is 13.9 Å². The fourth-order valence-electron chi connectivity index (χ4n) is 4.62. The molecule has 3 rings (SSSR count). The Hall–Kier alpha value is -3.63. The predicted octanol–water partition coefficient (Wildman–Crippen LogP) is 5.59. The highest BCUT2D eigenvalue weighted by molar-refractivity contribution is 7.92. The first kappa shape index (κ1) is 33.9. The number of ether oxygens (including phenoxy) is 1. The Bertz CT molecular complexity index is 1490. The number of halogens is 2. The van der Waals surface area contributed by atoms with Crippen LogP contribution < -0.4 is 14.4 Å². The van der Waals surface area contributed by atoms with Crippen LogP contribution in [0.25, 0.3) is 0 Å². The molecule has 0 radical (unpaired) electrons. The zero-order valence-electron chi connectivity index (χ0n) is 24.9. The van der Waals surface area contributed by atoms with E-state index in [4.69, 9.17) is 16.3 Å². The second-order valence-electron chi connectivity index (χ2n) is 10.4. The van der Waals surface area contributed by atoms with E-state index in [0.717, 1.165) is 11.8 Å². The first-order valence-electron chi connectivity index (χ1n) is 14.1. The third-order valence-electron chi connectivity index (χ3n) is 7.15. The van der Waals surface area contributed by atoms with Crippen molar-refractivity contribution in [3.63, 3.8) is 0 Å². The molecule has 0 aliphatic heterocycles. The Morgan fingerprint density at radius 2 is 1.72 bits per heavy atom. The molecule has 2 atom stereocenters. The smallest absolute Gasteiger partial charge is 0.243 e. The van der Waals surface area contributed by atoms with Crippen molar-refractivity contribution >= 4 is 39.1 Å². The lowest BCUT2D eigenvalue weighted by Crippen LogP contribution is -2.52. The highest BCUT2D eigenvalue weighted by atomic mass is 35.5. The van der Waals surface area contributed by atoms with Crippen LogP contribution in [0.15, 0.2) is 72.8 Å². The minimum atomic E-state index is -3.72. The molecule has 8 nitrogen and oxygen atoms in total. The van der Waals surface area contributed by atoms with Gasteiger partial charge in [-0.05, 0) is 49.6 Å². The Kier molecular flexibility index (Phi) is 12.4. The minimum absolute atomic E-state index is 0.0107. The summed E-state index contributed by atoms with van der Waals surface area (Å²) in [5.41, 5.74) is 1.45. The molecule has 11 heteroatoms. The van der Waals surface area contributed by atoms with Gasteiger partial charge >= 0.3 is 0 Å². The van der Waals surface area contributed by atoms with Crippen LogP contribution in [0.4, 0.5) is 10.1 Å². The van der Waals surface area contributed by atoms with Crippen molar-refractivity contribution in [2.75, 3.05) is 24.2 Å². The van der Waals surface area contributed by atoms with E-state index in [1.165, 1.54) is 28.4 Å². The number of carbonyl (C=O) groups excluding carboxylic acids is 2. The number of benzene rings is 3. The van der Waals surface area contributed by atoms with Crippen molar-refractivity contribution in [1.82, 2.24) is 10.2 Å². The van der Waals surface area contributed by atoms with Gasteiger partial charge in [0.1, 0.15) is 17.6 Å². The van der Waals surface area contributed by atoms with Gasteiger partial charge in [0.05, 0.1) is 24.1 Å². The van der Waals surface area contributed by atoms with Crippen molar-refractivity contribution in [3.05, 3.63) is 94.8 Å². The Morgan fingerprint density at radius 3 is 2.33 bits per heavy atom. The number of methoxy groups -OCH3 is 1. The molecule has 232 valence electrons. The summed E-state index contributed by atoms with van der Waals surface area (Å²) in [6.45, 7) is 3.69. The summed E-state index contributed by atoms with van der Waals surface area (Å²) in [6, 6.07) is 19.0. The minimum Gasteiger partial charge on any atom is -0.495 e. The van der Waals surface area contributed by atoms with Crippen LogP contribution in [0, 0.1) is 5.82 Å². The van der Waals surface area contributed by atoms with Crippen LogP contribution >= 0.6 is 11.6 Å². The Labute approximate surface area is 258 Å². The largest absolute Gasteiger partial charge is 0.495 e. The maximum atomic E-state index is 14.8. The molecular formula is C32H39ClFN3O5S. The molecule has 3 aromatic carbocycles. The molecule has 0 saturated carbocycles. The van der Waals surface area contributed by atoms with Gasteiger partial charge in [0.2, 0.25) is 21.8 Å². The number of carbonyl (C=O) groups is 2. The lowest BCUT2D eigenvalue weighted by atomic mass is 10.0. The number of sulfonamides is 1. The normalized spacial score (nSPS) is 12.7. The van der Waals surface area contributed by atoms with Gasteiger partial charge in [-0.1, -0.05) is 67.1 Å². The molecule has 0 aromatic heterocycles. The predicted molar refractivity (Wildman–Crippen MR) is 168 cm³/mol. The number of amides is 2. The molecule has 3 aromatic rings. The van der Waals surface area contributed by atoms with Crippen molar-refractivity contribution in [2.45, 2.75) is 58.2 Å². The highest BCUT2D eigenvalue weighted by Crippen LogP contribution is 2.30. The standard InChI is InChI=1S/C32H39ClFN3O5S/c1-5-23(2)35-32(39)29(20-24-12-7-6-8-13-24)36(22-25-14-9-10-15-28(25)34)31(38)16-11-19-37(43(4,40)41)26-17-18-30(42-3)27(33)21-26/h6-10,12-15,17-18,21,23,29H,5,11,16,19-20,22H2,1-4H3,(H,35,39)/t23-,29-/m1/s1. The van der Waals surface area contributed by atoms with E-state index in [0.29, 0.717) is 17.9 Å². The topological polar surface area (TPSA) is 96.0 Å². The summed E-state index contributed by atoms with van der Waals surface area (Å²) in [5, 5.41) is 3.23.